The summed E-state index contributed by atoms with van der Waals surface area (Å²) in [6.07, 6.45) is 0. The van der Waals surface area contributed by atoms with Crippen LogP contribution in [0.5, 0.6) is 0 Å². The van der Waals surface area contributed by atoms with Crippen LogP contribution < -0.4 is 45.9 Å². The van der Waals surface area contributed by atoms with E-state index in [1.807, 2.05) is 0 Å². The Labute approximate surface area is 147 Å². The van der Waals surface area contributed by atoms with E-state index in [0.29, 0.717) is 12.9 Å². The van der Waals surface area contributed by atoms with E-state index in [1.165, 1.54) is 0 Å². The van der Waals surface area contributed by atoms with Crippen LogP contribution in [-0.4, -0.2) is 20.4 Å². The van der Waals surface area contributed by atoms with Crippen LogP contribution in [0, 0.1) is 0 Å². The Kier molecular flexibility index (Phi) is 50.6. The van der Waals surface area contributed by atoms with Gasteiger partial charge in [0.05, 0.1) is 0 Å². The van der Waals surface area contributed by atoms with Crippen molar-refractivity contribution >= 4 is 89.6 Å². The normalized spacial score (nSPS) is 6.21. The minimum atomic E-state index is 0.000000000000000222. The van der Waals surface area contributed by atoms with Crippen molar-refractivity contribution in [3.05, 3.63) is 0 Å². The van der Waals surface area contributed by atoms with Crippen molar-refractivity contribution in [3.8, 4) is 0 Å². The number of hydrogen-bond donors (Lipinski definition) is 8. The predicted molar refractivity (Wildman–Crippen MR) is 95.6 cm³/mol. The zero-order chi connectivity index (χ0) is 17.0. The van der Waals surface area contributed by atoms with Crippen molar-refractivity contribution in [1.82, 2.24) is 0 Å². The first-order valence-corrected chi connectivity index (χ1v) is 7.88. The van der Waals surface area contributed by atoms with Crippen molar-refractivity contribution in [2.75, 3.05) is 0 Å². The average molecular weight is 434 g/mol. The molecule has 0 fully saturated rings. The summed E-state index contributed by atoms with van der Waals surface area (Å²) in [6, 6.07) is 0. The molecule has 0 spiro atoms. The summed E-state index contributed by atoms with van der Waals surface area (Å²) in [5, 5.41) is 0.000000000000000888. The van der Waals surface area contributed by atoms with Crippen molar-refractivity contribution in [3.63, 3.8) is 0 Å². The molecule has 0 atom stereocenters. The van der Waals surface area contributed by atoms with E-state index in [2.05, 4.69) is 94.7 Å². The predicted octanol–water partition coefficient (Wildman–Crippen LogP) is -1.87. The maximum atomic E-state index is 4.73. The first kappa shape index (κ1) is 31.3. The van der Waals surface area contributed by atoms with Crippen molar-refractivity contribution in [2.45, 2.75) is 0 Å². The Hall–Kier alpha value is -0.154. The number of hydrogen-bond acceptors (Lipinski definition) is 4. The van der Waals surface area contributed by atoms with E-state index in [9.17, 15) is 0 Å². The molecule has 0 aliphatic heterocycles. The summed E-state index contributed by atoms with van der Waals surface area (Å²) in [4.78, 5) is 0. The number of thiocarbonyl (C=S) groups is 4. The van der Waals surface area contributed by atoms with Crippen molar-refractivity contribution in [1.29, 1.82) is 0 Å². The van der Waals surface area contributed by atoms with Crippen LogP contribution in [0.2, 0.25) is 0 Å². The third-order valence-electron chi connectivity index (χ3n) is 0. The third kappa shape index (κ3) is 190000. The van der Waals surface area contributed by atoms with Crippen molar-refractivity contribution in [2.24, 2.45) is 45.9 Å². The molecule has 0 saturated carbocycles. The molecule has 0 aromatic carbocycles. The summed E-state index contributed by atoms with van der Waals surface area (Å²) in [6.45, 7) is 0. The maximum absolute atomic E-state index is 4.73. The summed E-state index contributed by atoms with van der Waals surface area (Å²) < 4.78 is 0. The van der Waals surface area contributed by atoms with Gasteiger partial charge in [-0.1, -0.05) is 0 Å². The van der Waals surface area contributed by atoms with Gasteiger partial charge in [-0.25, -0.2) is 0 Å². The SMILES string of the molecule is NC(N)=S.NC(N)=S.NC(N)=S.NC(N)=S.[Cl][Co][Cl]. The van der Waals surface area contributed by atoms with Gasteiger partial charge in [0.2, 0.25) is 0 Å². The zero-order valence-electron chi connectivity index (χ0n) is 9.34. The minimum absolute atomic E-state index is 0.000000000000000222. The topological polar surface area (TPSA) is 208 Å². The Balaban J connectivity index is -0.0000000432. The second kappa shape index (κ2) is 30.7. The summed E-state index contributed by atoms with van der Waals surface area (Å²) in [5.74, 6) is 0. The zero-order valence-corrected chi connectivity index (χ0v) is 15.2. The molecule has 19 heavy (non-hydrogen) atoms. The van der Waals surface area contributed by atoms with Crippen LogP contribution in [0.1, 0.15) is 0 Å². The second-order valence-corrected chi connectivity index (χ2v) is 5.26. The molecule has 0 radical (unpaired) electrons. The molecule has 0 bridgehead atoms. The molecule has 8 nitrogen and oxygen atoms in total. The van der Waals surface area contributed by atoms with E-state index < -0.39 is 0 Å². The van der Waals surface area contributed by atoms with Gasteiger partial charge in [0.1, 0.15) is 0 Å². The second-order valence-electron chi connectivity index (χ2n) is 1.66. The molecule has 0 amide bonds. The first-order chi connectivity index (χ1) is 8.34. The van der Waals surface area contributed by atoms with Crippen molar-refractivity contribution < 1.29 is 12.9 Å². The van der Waals surface area contributed by atoms with E-state index in [-0.39, 0.29) is 20.4 Å². The van der Waals surface area contributed by atoms with Gasteiger partial charge in [-0.15, -0.1) is 0 Å². The summed E-state index contributed by atoms with van der Waals surface area (Å²) >= 11 is 16.8. The molecule has 119 valence electrons. The number of halogens is 2. The van der Waals surface area contributed by atoms with Gasteiger partial charge < -0.3 is 45.9 Å². The number of nitrogens with two attached hydrogens (primary N) is 8. The fourth-order valence-electron chi connectivity index (χ4n) is 0. The number of rotatable bonds is 0. The Morgan fingerprint density at radius 2 is 0.526 bits per heavy atom. The molecule has 16 N–H and O–H groups in total. The van der Waals surface area contributed by atoms with Gasteiger partial charge in [0.25, 0.3) is 0 Å². The Bertz CT molecular complexity index is 191. The van der Waals surface area contributed by atoms with Crippen LogP contribution in [-0.2, 0) is 12.9 Å². The van der Waals surface area contributed by atoms with E-state index in [4.69, 9.17) is 20.3 Å². The molecule has 0 aliphatic rings. The summed E-state index contributed by atoms with van der Waals surface area (Å²) in [5.41, 5.74) is 37.0. The molecule has 0 aliphatic carbocycles. The molecule has 0 aromatic rings. The molecule has 0 aromatic heterocycles. The monoisotopic (exact) mass is 433 g/mol. The molecule has 0 rings (SSSR count). The quantitative estimate of drug-likeness (QED) is 0.197. The Morgan fingerprint density at radius 3 is 0.526 bits per heavy atom. The van der Waals surface area contributed by atoms with Gasteiger partial charge in [-0.2, -0.15) is 0 Å². The van der Waals surface area contributed by atoms with Crippen LogP contribution in [0.25, 0.3) is 0 Å². The summed E-state index contributed by atoms with van der Waals surface area (Å²) in [7, 11) is 9.47. The molecular weight excluding hydrogens is 418 g/mol. The van der Waals surface area contributed by atoms with E-state index >= 15 is 0 Å². The van der Waals surface area contributed by atoms with Gasteiger partial charge >= 0.3 is 33.2 Å². The van der Waals surface area contributed by atoms with Gasteiger partial charge in [-0.3, -0.25) is 0 Å². The molecule has 15 heteroatoms. The Morgan fingerprint density at radius 1 is 0.526 bits per heavy atom. The third-order valence-corrected chi connectivity index (χ3v) is 0. The fraction of sp³-hybridized carbons (Fsp3) is 0. The van der Waals surface area contributed by atoms with Crippen LogP contribution in [0.3, 0.4) is 0 Å². The van der Waals surface area contributed by atoms with Gasteiger partial charge in [-0.05, 0) is 48.9 Å². The molecular formula is C4H16Cl2CoN8S4. The average Bonchev–Trinajstić information content (AvgIpc) is 1.97. The van der Waals surface area contributed by atoms with Gasteiger partial charge in [0, 0.05) is 0 Å². The fourth-order valence-corrected chi connectivity index (χ4v) is 0. The van der Waals surface area contributed by atoms with Gasteiger partial charge in [0.15, 0.2) is 20.4 Å². The van der Waals surface area contributed by atoms with E-state index in [0.717, 1.165) is 0 Å². The van der Waals surface area contributed by atoms with Crippen LogP contribution >= 0.6 is 69.2 Å². The molecule has 0 saturated heterocycles. The first-order valence-electron chi connectivity index (χ1n) is 3.38. The van der Waals surface area contributed by atoms with Crippen LogP contribution in [0.4, 0.5) is 0 Å². The molecule has 0 unspecified atom stereocenters. The van der Waals surface area contributed by atoms with E-state index in [1.54, 1.807) is 0 Å². The van der Waals surface area contributed by atoms with Crippen LogP contribution in [0.15, 0.2) is 0 Å². The standard InChI is InChI=1S/4CH4N2S.2ClH.Co/c4*2-1(3)4;;;/h4*(H4,2,3,4);2*1H;/q;;;;;;+2/p-2. The molecule has 0 heterocycles.